The van der Waals surface area contributed by atoms with Crippen LogP contribution in [0.4, 0.5) is 0 Å². The van der Waals surface area contributed by atoms with Crippen LogP contribution in [0.3, 0.4) is 0 Å². The third-order valence-electron chi connectivity index (χ3n) is 3.15. The van der Waals surface area contributed by atoms with Crippen LogP contribution in [0.15, 0.2) is 54.7 Å². The van der Waals surface area contributed by atoms with Crippen LogP contribution >= 0.6 is 0 Å². The predicted molar refractivity (Wildman–Crippen MR) is 81.5 cm³/mol. The van der Waals surface area contributed by atoms with E-state index in [1.54, 1.807) is 13.3 Å². The summed E-state index contributed by atoms with van der Waals surface area (Å²) in [7, 11) is 1.67. The number of fused-ring (bicyclic) bond motifs is 1. The summed E-state index contributed by atoms with van der Waals surface area (Å²) in [5.74, 6) is 0.859. The summed E-state index contributed by atoms with van der Waals surface area (Å²) in [5.41, 5.74) is 3.09. The molecule has 2 aromatic carbocycles. The molecule has 3 nitrogen and oxygen atoms in total. The Labute approximate surface area is 117 Å². The summed E-state index contributed by atoms with van der Waals surface area (Å²) >= 11 is 0. The summed E-state index contributed by atoms with van der Waals surface area (Å²) in [5, 5.41) is 9.25. The second kappa shape index (κ2) is 5.53. The van der Waals surface area contributed by atoms with Gasteiger partial charge in [0.05, 0.1) is 18.8 Å². The zero-order valence-corrected chi connectivity index (χ0v) is 11.2. The fraction of sp³-hybridized carbons (Fsp3) is 0.0588. The number of aromatic nitrogens is 2. The maximum Gasteiger partial charge on any atom is 0.118 e. The Hall–Kier alpha value is -2.68. The van der Waals surface area contributed by atoms with Gasteiger partial charge in [0, 0.05) is 10.9 Å². The largest absolute Gasteiger partial charge is 0.497 e. The Morgan fingerprint density at radius 2 is 1.75 bits per heavy atom. The lowest BCUT2D eigenvalue weighted by Gasteiger charge is -2.01. The molecule has 0 bridgehead atoms. The van der Waals surface area contributed by atoms with Crippen LogP contribution in [-0.4, -0.2) is 17.3 Å². The summed E-state index contributed by atoms with van der Waals surface area (Å²) in [6.45, 7) is 0. The first kappa shape index (κ1) is 12.4. The lowest BCUT2D eigenvalue weighted by atomic mass is 10.1. The number of hydrogen-bond donors (Lipinski definition) is 0. The van der Waals surface area contributed by atoms with Crippen molar-refractivity contribution in [2.24, 2.45) is 0 Å². The molecule has 1 heterocycles. The van der Waals surface area contributed by atoms with Crippen molar-refractivity contribution in [1.82, 2.24) is 10.2 Å². The molecule has 0 atom stereocenters. The molecule has 0 aliphatic rings. The predicted octanol–water partition coefficient (Wildman–Crippen LogP) is 3.81. The van der Waals surface area contributed by atoms with Gasteiger partial charge in [-0.1, -0.05) is 42.5 Å². The van der Waals surface area contributed by atoms with Gasteiger partial charge < -0.3 is 4.74 Å². The fourth-order valence-corrected chi connectivity index (χ4v) is 2.06. The third kappa shape index (κ3) is 2.52. The molecule has 3 rings (SSSR count). The smallest absolute Gasteiger partial charge is 0.118 e. The molecule has 0 saturated heterocycles. The molecular formula is C17H14N2O. The van der Waals surface area contributed by atoms with Gasteiger partial charge in [-0.2, -0.15) is 10.2 Å². The number of ether oxygens (including phenoxy) is 1. The minimum Gasteiger partial charge on any atom is -0.497 e. The first-order valence-corrected chi connectivity index (χ1v) is 6.39. The van der Waals surface area contributed by atoms with Gasteiger partial charge in [-0.3, -0.25) is 0 Å². The number of nitrogens with zero attached hydrogens (tertiary/aromatic N) is 2. The lowest BCUT2D eigenvalue weighted by Crippen LogP contribution is -1.86. The van der Waals surface area contributed by atoms with Crippen LogP contribution in [0.5, 0.6) is 5.75 Å². The van der Waals surface area contributed by atoms with E-state index in [1.807, 2.05) is 42.5 Å². The molecule has 98 valence electrons. The molecular weight excluding hydrogens is 248 g/mol. The Morgan fingerprint density at radius 3 is 2.55 bits per heavy atom. The van der Waals surface area contributed by atoms with E-state index in [2.05, 4.69) is 28.4 Å². The molecule has 0 radical (unpaired) electrons. The Balaban J connectivity index is 1.93. The van der Waals surface area contributed by atoms with E-state index < -0.39 is 0 Å². The highest BCUT2D eigenvalue weighted by Gasteiger charge is 1.98. The molecule has 0 spiro atoms. The van der Waals surface area contributed by atoms with Gasteiger partial charge in [0.1, 0.15) is 5.75 Å². The molecule has 3 aromatic rings. The van der Waals surface area contributed by atoms with Crippen molar-refractivity contribution in [2.45, 2.75) is 0 Å². The number of benzene rings is 2. The molecule has 0 amide bonds. The van der Waals surface area contributed by atoms with Crippen molar-refractivity contribution in [3.63, 3.8) is 0 Å². The number of methoxy groups -OCH3 is 1. The topological polar surface area (TPSA) is 35.0 Å². The highest BCUT2D eigenvalue weighted by molar-refractivity contribution is 5.89. The lowest BCUT2D eigenvalue weighted by molar-refractivity contribution is 0.415. The maximum atomic E-state index is 5.15. The van der Waals surface area contributed by atoms with E-state index in [0.29, 0.717) is 0 Å². The van der Waals surface area contributed by atoms with Crippen LogP contribution in [0, 0.1) is 0 Å². The standard InChI is InChI=1S/C17H14N2O/c1-20-15-10-7-13(8-11-15)6-9-14-12-18-19-17-5-3-2-4-16(14)17/h2-12H,1H3/b9-6+. The van der Waals surface area contributed by atoms with Gasteiger partial charge in [0.25, 0.3) is 0 Å². The highest BCUT2D eigenvalue weighted by Crippen LogP contribution is 2.18. The van der Waals surface area contributed by atoms with Crippen molar-refractivity contribution >= 4 is 23.1 Å². The molecule has 20 heavy (non-hydrogen) atoms. The van der Waals surface area contributed by atoms with Gasteiger partial charge in [0.2, 0.25) is 0 Å². The van der Waals surface area contributed by atoms with Gasteiger partial charge in [-0.05, 0) is 23.8 Å². The second-order valence-corrected chi connectivity index (χ2v) is 4.42. The van der Waals surface area contributed by atoms with E-state index in [9.17, 15) is 0 Å². The summed E-state index contributed by atoms with van der Waals surface area (Å²) in [6.07, 6.45) is 5.89. The van der Waals surface area contributed by atoms with Gasteiger partial charge in [-0.15, -0.1) is 0 Å². The average Bonchev–Trinajstić information content (AvgIpc) is 2.53. The van der Waals surface area contributed by atoms with Crippen LogP contribution < -0.4 is 4.74 Å². The second-order valence-electron chi connectivity index (χ2n) is 4.42. The zero-order valence-electron chi connectivity index (χ0n) is 11.2. The van der Waals surface area contributed by atoms with Crippen molar-refractivity contribution in [3.05, 3.63) is 65.9 Å². The first-order valence-electron chi connectivity index (χ1n) is 6.39. The normalized spacial score (nSPS) is 11.1. The SMILES string of the molecule is COc1ccc(/C=C/c2cnnc3ccccc23)cc1. The van der Waals surface area contributed by atoms with Crippen LogP contribution in [0.1, 0.15) is 11.1 Å². The fourth-order valence-electron chi connectivity index (χ4n) is 2.06. The molecule has 0 unspecified atom stereocenters. The van der Waals surface area contributed by atoms with E-state index in [4.69, 9.17) is 4.74 Å². The third-order valence-corrected chi connectivity index (χ3v) is 3.15. The van der Waals surface area contributed by atoms with Gasteiger partial charge >= 0.3 is 0 Å². The van der Waals surface area contributed by atoms with Crippen LogP contribution in [0.25, 0.3) is 23.1 Å². The average molecular weight is 262 g/mol. The summed E-state index contributed by atoms with van der Waals surface area (Å²) in [4.78, 5) is 0. The number of rotatable bonds is 3. The van der Waals surface area contributed by atoms with Crippen LogP contribution in [0.2, 0.25) is 0 Å². The van der Waals surface area contributed by atoms with Crippen molar-refractivity contribution in [3.8, 4) is 5.75 Å². The first-order chi connectivity index (χ1) is 9.86. The van der Waals surface area contributed by atoms with E-state index in [-0.39, 0.29) is 0 Å². The maximum absolute atomic E-state index is 5.15. The van der Waals surface area contributed by atoms with Crippen molar-refractivity contribution < 1.29 is 4.74 Å². The molecule has 0 aliphatic carbocycles. The van der Waals surface area contributed by atoms with Gasteiger partial charge in [0.15, 0.2) is 0 Å². The highest BCUT2D eigenvalue weighted by atomic mass is 16.5. The minimum atomic E-state index is 0.859. The Bertz CT molecular complexity index is 743. The molecule has 0 fully saturated rings. The molecule has 3 heteroatoms. The van der Waals surface area contributed by atoms with E-state index in [1.165, 1.54) is 0 Å². The molecule has 1 aromatic heterocycles. The monoisotopic (exact) mass is 262 g/mol. The summed E-state index contributed by atoms with van der Waals surface area (Å²) in [6, 6.07) is 15.9. The molecule has 0 N–H and O–H groups in total. The minimum absolute atomic E-state index is 0.859. The zero-order chi connectivity index (χ0) is 13.8. The quantitative estimate of drug-likeness (QED) is 0.720. The summed E-state index contributed by atoms with van der Waals surface area (Å²) < 4.78 is 5.15. The van der Waals surface area contributed by atoms with Crippen LogP contribution in [-0.2, 0) is 0 Å². The number of hydrogen-bond acceptors (Lipinski definition) is 3. The Morgan fingerprint density at radius 1 is 0.950 bits per heavy atom. The van der Waals surface area contributed by atoms with E-state index in [0.717, 1.165) is 27.8 Å². The van der Waals surface area contributed by atoms with Crippen molar-refractivity contribution in [2.75, 3.05) is 7.11 Å². The molecule has 0 aliphatic heterocycles. The Kier molecular flexibility index (Phi) is 3.42. The van der Waals surface area contributed by atoms with Crippen molar-refractivity contribution in [1.29, 1.82) is 0 Å². The van der Waals surface area contributed by atoms with E-state index >= 15 is 0 Å². The molecule has 0 saturated carbocycles. The van der Waals surface area contributed by atoms with Gasteiger partial charge in [-0.25, -0.2) is 0 Å².